The first-order chi connectivity index (χ1) is 7.90. The SMILES string of the molecule is CC(C)(C)OC(=O)CSc1ncc(CN)cn1. The van der Waals surface area contributed by atoms with Crippen molar-refractivity contribution in [1.82, 2.24) is 9.97 Å². The topological polar surface area (TPSA) is 78.1 Å². The van der Waals surface area contributed by atoms with Crippen molar-refractivity contribution in [3.8, 4) is 0 Å². The van der Waals surface area contributed by atoms with Gasteiger partial charge in [-0.1, -0.05) is 11.8 Å². The third-order valence-corrected chi connectivity index (χ3v) is 2.51. The molecule has 0 saturated carbocycles. The average Bonchev–Trinajstić information content (AvgIpc) is 2.25. The zero-order valence-corrected chi connectivity index (χ0v) is 11.1. The Morgan fingerprint density at radius 3 is 2.47 bits per heavy atom. The van der Waals surface area contributed by atoms with Crippen molar-refractivity contribution in [3.05, 3.63) is 18.0 Å². The monoisotopic (exact) mass is 255 g/mol. The highest BCUT2D eigenvalue weighted by Crippen LogP contribution is 2.14. The van der Waals surface area contributed by atoms with Crippen molar-refractivity contribution in [2.45, 2.75) is 38.1 Å². The predicted octanol–water partition coefficient (Wildman–Crippen LogP) is 1.37. The Morgan fingerprint density at radius 2 is 2.00 bits per heavy atom. The van der Waals surface area contributed by atoms with Crippen molar-refractivity contribution in [2.24, 2.45) is 5.73 Å². The van der Waals surface area contributed by atoms with Crippen LogP contribution in [0.2, 0.25) is 0 Å². The van der Waals surface area contributed by atoms with Crippen LogP contribution in [0.15, 0.2) is 17.6 Å². The van der Waals surface area contributed by atoms with Gasteiger partial charge in [0.2, 0.25) is 0 Å². The van der Waals surface area contributed by atoms with Crippen LogP contribution in [0.25, 0.3) is 0 Å². The lowest BCUT2D eigenvalue weighted by atomic mass is 10.2. The minimum Gasteiger partial charge on any atom is -0.459 e. The van der Waals surface area contributed by atoms with Gasteiger partial charge in [-0.25, -0.2) is 9.97 Å². The number of ether oxygens (including phenoxy) is 1. The number of hydrogen-bond acceptors (Lipinski definition) is 6. The van der Waals surface area contributed by atoms with Crippen LogP contribution in [0.4, 0.5) is 0 Å². The number of nitrogens with two attached hydrogens (primary N) is 1. The fourth-order valence-corrected chi connectivity index (χ4v) is 1.58. The first-order valence-corrected chi connectivity index (χ1v) is 6.25. The van der Waals surface area contributed by atoms with Gasteiger partial charge in [-0.15, -0.1) is 0 Å². The summed E-state index contributed by atoms with van der Waals surface area (Å²) in [6.07, 6.45) is 3.31. The number of thioether (sulfide) groups is 1. The zero-order valence-electron chi connectivity index (χ0n) is 10.3. The molecule has 1 rings (SSSR count). The van der Waals surface area contributed by atoms with Crippen molar-refractivity contribution in [2.75, 3.05) is 5.75 Å². The van der Waals surface area contributed by atoms with Gasteiger partial charge in [0.25, 0.3) is 0 Å². The molecule has 0 radical (unpaired) electrons. The Bertz CT molecular complexity index is 373. The molecule has 0 spiro atoms. The van der Waals surface area contributed by atoms with E-state index >= 15 is 0 Å². The maximum absolute atomic E-state index is 11.4. The quantitative estimate of drug-likeness (QED) is 0.497. The van der Waals surface area contributed by atoms with Crippen molar-refractivity contribution < 1.29 is 9.53 Å². The zero-order chi connectivity index (χ0) is 12.9. The summed E-state index contributed by atoms with van der Waals surface area (Å²) >= 11 is 1.25. The number of nitrogens with zero attached hydrogens (tertiary/aromatic N) is 2. The molecule has 0 aliphatic heterocycles. The van der Waals surface area contributed by atoms with E-state index in [4.69, 9.17) is 10.5 Å². The van der Waals surface area contributed by atoms with E-state index in [9.17, 15) is 4.79 Å². The van der Waals surface area contributed by atoms with Crippen molar-refractivity contribution >= 4 is 17.7 Å². The lowest BCUT2D eigenvalue weighted by Crippen LogP contribution is -2.24. The molecule has 17 heavy (non-hydrogen) atoms. The largest absolute Gasteiger partial charge is 0.459 e. The van der Waals surface area contributed by atoms with Crippen LogP contribution in [-0.4, -0.2) is 27.3 Å². The fraction of sp³-hybridized carbons (Fsp3) is 0.545. The van der Waals surface area contributed by atoms with Crippen LogP contribution in [0, 0.1) is 0 Å². The fourth-order valence-electron chi connectivity index (χ4n) is 1.02. The first kappa shape index (κ1) is 13.9. The Labute approximate surface area is 105 Å². The molecule has 0 saturated heterocycles. The standard InChI is InChI=1S/C11H17N3O2S/c1-11(2,3)16-9(15)7-17-10-13-5-8(4-12)6-14-10/h5-6H,4,7,12H2,1-3H3. The van der Waals surface area contributed by atoms with Gasteiger partial charge in [-0.05, 0) is 20.8 Å². The second kappa shape index (κ2) is 5.97. The van der Waals surface area contributed by atoms with E-state index in [1.54, 1.807) is 12.4 Å². The smallest absolute Gasteiger partial charge is 0.316 e. The van der Waals surface area contributed by atoms with E-state index in [-0.39, 0.29) is 11.7 Å². The highest BCUT2D eigenvalue weighted by atomic mass is 32.2. The minimum atomic E-state index is -0.456. The molecule has 5 nitrogen and oxygen atoms in total. The molecule has 94 valence electrons. The molecule has 2 N–H and O–H groups in total. The molecule has 0 aromatic carbocycles. The van der Waals surface area contributed by atoms with Crippen molar-refractivity contribution in [1.29, 1.82) is 0 Å². The van der Waals surface area contributed by atoms with Gasteiger partial charge in [0.1, 0.15) is 5.60 Å². The summed E-state index contributed by atoms with van der Waals surface area (Å²) in [7, 11) is 0. The Balaban J connectivity index is 2.42. The second-order valence-corrected chi connectivity index (χ2v) is 5.40. The van der Waals surface area contributed by atoms with Gasteiger partial charge in [0.15, 0.2) is 5.16 Å². The van der Waals surface area contributed by atoms with Crippen molar-refractivity contribution in [3.63, 3.8) is 0 Å². The third kappa shape index (κ3) is 5.65. The molecule has 1 heterocycles. The molecule has 0 bridgehead atoms. The van der Waals surface area contributed by atoms with Gasteiger partial charge in [-0.3, -0.25) is 4.79 Å². The van der Waals surface area contributed by atoms with E-state index in [1.807, 2.05) is 20.8 Å². The maximum Gasteiger partial charge on any atom is 0.316 e. The molecule has 1 aromatic rings. The van der Waals surface area contributed by atoms with E-state index in [2.05, 4.69) is 9.97 Å². The number of carbonyl (C=O) groups is 1. The first-order valence-electron chi connectivity index (χ1n) is 5.26. The summed E-state index contributed by atoms with van der Waals surface area (Å²) in [6.45, 7) is 5.92. The van der Waals surface area contributed by atoms with Gasteiger partial charge in [-0.2, -0.15) is 0 Å². The predicted molar refractivity (Wildman–Crippen MR) is 66.5 cm³/mol. The number of rotatable bonds is 4. The molecule has 0 aliphatic carbocycles. The van der Waals surface area contributed by atoms with E-state index in [0.29, 0.717) is 11.7 Å². The summed E-state index contributed by atoms with van der Waals surface area (Å²) in [5, 5.41) is 0.549. The second-order valence-electron chi connectivity index (χ2n) is 4.45. The number of hydrogen-bond donors (Lipinski definition) is 1. The Morgan fingerprint density at radius 1 is 1.41 bits per heavy atom. The summed E-state index contributed by atoms with van der Waals surface area (Å²) < 4.78 is 5.17. The molecule has 0 unspecified atom stereocenters. The van der Waals surface area contributed by atoms with Gasteiger partial charge in [0, 0.05) is 24.5 Å². The molecule has 0 atom stereocenters. The Kier molecular flexibility index (Phi) is 4.89. The summed E-state index contributed by atoms with van der Waals surface area (Å²) in [5.74, 6) is -0.0619. The summed E-state index contributed by atoms with van der Waals surface area (Å²) in [6, 6.07) is 0. The molecule has 0 fully saturated rings. The van der Waals surface area contributed by atoms with E-state index in [1.165, 1.54) is 11.8 Å². The van der Waals surface area contributed by atoms with Crippen LogP contribution in [0.1, 0.15) is 26.3 Å². The molecule has 6 heteroatoms. The average molecular weight is 255 g/mol. The molecule has 0 amide bonds. The van der Waals surface area contributed by atoms with Gasteiger partial charge in [0.05, 0.1) is 5.75 Å². The van der Waals surface area contributed by atoms with E-state index in [0.717, 1.165) is 5.56 Å². The number of aromatic nitrogens is 2. The number of carbonyl (C=O) groups excluding carboxylic acids is 1. The van der Waals surface area contributed by atoms with Crippen LogP contribution in [0.3, 0.4) is 0 Å². The molecular formula is C11H17N3O2S. The molecule has 0 aliphatic rings. The normalized spacial score (nSPS) is 11.3. The molecular weight excluding hydrogens is 238 g/mol. The highest BCUT2D eigenvalue weighted by Gasteiger charge is 2.16. The minimum absolute atomic E-state index is 0.208. The summed E-state index contributed by atoms with van der Waals surface area (Å²) in [4.78, 5) is 19.6. The van der Waals surface area contributed by atoms with E-state index < -0.39 is 5.60 Å². The summed E-state index contributed by atoms with van der Waals surface area (Å²) in [5.41, 5.74) is 5.84. The van der Waals surface area contributed by atoms with Crippen LogP contribution in [0.5, 0.6) is 0 Å². The van der Waals surface area contributed by atoms with Gasteiger partial charge < -0.3 is 10.5 Å². The maximum atomic E-state index is 11.4. The van der Waals surface area contributed by atoms with Crippen LogP contribution >= 0.6 is 11.8 Å². The Hall–Kier alpha value is -1.14. The van der Waals surface area contributed by atoms with Gasteiger partial charge >= 0.3 is 5.97 Å². The highest BCUT2D eigenvalue weighted by molar-refractivity contribution is 7.99. The third-order valence-electron chi connectivity index (χ3n) is 1.66. The molecule has 1 aromatic heterocycles. The number of esters is 1. The lowest BCUT2D eigenvalue weighted by Gasteiger charge is -2.19. The van der Waals surface area contributed by atoms with Crippen LogP contribution < -0.4 is 5.73 Å². The lowest BCUT2D eigenvalue weighted by molar-refractivity contribution is -0.151. The van der Waals surface area contributed by atoms with Crippen LogP contribution in [-0.2, 0) is 16.1 Å².